The summed E-state index contributed by atoms with van der Waals surface area (Å²) in [6, 6.07) is 5.35. The van der Waals surface area contributed by atoms with E-state index in [0.717, 1.165) is 54.5 Å². The number of aromatic nitrogens is 4. The molecule has 172 valence electrons. The number of hydrogen-bond donors (Lipinski definition) is 2. The highest BCUT2D eigenvalue weighted by atomic mass is 19.1. The molecule has 0 unspecified atom stereocenters. The van der Waals surface area contributed by atoms with Gasteiger partial charge in [0, 0.05) is 56.9 Å². The van der Waals surface area contributed by atoms with Gasteiger partial charge >= 0.3 is 0 Å². The lowest BCUT2D eigenvalue weighted by Gasteiger charge is -2.35. The standard InChI is InChI=1S/C15H18N4O.C9H10FN3/c1-11-8-19-13(3-2-12(9-20)14(19)17-11)18-7-6-16-15(10-18)4-5-15;1-6-4-13-5-7(11-2)3-8(10)9(13)12-6/h2-3,8-9,16H,4-7,10H2,1H3;3-5,11H,1-2H3. The summed E-state index contributed by atoms with van der Waals surface area (Å²) in [4.78, 5) is 22.1. The fraction of sp³-hybridized carbons (Fsp3) is 0.375. The van der Waals surface area contributed by atoms with Crippen LogP contribution in [0.5, 0.6) is 0 Å². The molecule has 0 aromatic carbocycles. The Morgan fingerprint density at radius 1 is 1.12 bits per heavy atom. The van der Waals surface area contributed by atoms with E-state index in [-0.39, 0.29) is 5.82 Å². The number of imidazole rings is 2. The van der Waals surface area contributed by atoms with E-state index >= 15 is 0 Å². The summed E-state index contributed by atoms with van der Waals surface area (Å²) < 4.78 is 17.1. The van der Waals surface area contributed by atoms with Crippen LogP contribution in [0.3, 0.4) is 0 Å². The maximum absolute atomic E-state index is 13.3. The van der Waals surface area contributed by atoms with Crippen LogP contribution >= 0.6 is 0 Å². The monoisotopic (exact) mass is 449 g/mol. The number of rotatable bonds is 3. The molecule has 0 bridgehead atoms. The number of carbonyl (C=O) groups is 1. The average Bonchev–Trinajstić information content (AvgIpc) is 3.23. The van der Waals surface area contributed by atoms with Crippen molar-refractivity contribution in [3.63, 3.8) is 0 Å². The van der Waals surface area contributed by atoms with Gasteiger partial charge in [0.2, 0.25) is 0 Å². The van der Waals surface area contributed by atoms with Crippen LogP contribution in [0.25, 0.3) is 11.3 Å². The molecule has 4 aromatic heterocycles. The van der Waals surface area contributed by atoms with E-state index in [1.165, 1.54) is 18.9 Å². The molecule has 0 amide bonds. The zero-order valence-corrected chi connectivity index (χ0v) is 19.1. The van der Waals surface area contributed by atoms with Crippen LogP contribution in [0.4, 0.5) is 15.9 Å². The molecule has 1 aliphatic heterocycles. The van der Waals surface area contributed by atoms with E-state index in [0.29, 0.717) is 16.7 Å². The Morgan fingerprint density at radius 3 is 2.61 bits per heavy atom. The van der Waals surface area contributed by atoms with Crippen LogP contribution in [-0.4, -0.2) is 57.3 Å². The number of anilines is 2. The van der Waals surface area contributed by atoms with E-state index in [9.17, 15) is 9.18 Å². The largest absolute Gasteiger partial charge is 0.387 e. The first-order valence-corrected chi connectivity index (χ1v) is 11.2. The minimum atomic E-state index is -0.306. The first kappa shape index (κ1) is 21.4. The average molecular weight is 450 g/mol. The second-order valence-electron chi connectivity index (χ2n) is 8.91. The third kappa shape index (κ3) is 4.04. The van der Waals surface area contributed by atoms with Crippen molar-refractivity contribution in [3.8, 4) is 0 Å². The van der Waals surface area contributed by atoms with Gasteiger partial charge in [-0.2, -0.15) is 0 Å². The molecule has 9 heteroatoms. The number of hydrogen-bond acceptors (Lipinski definition) is 6. The van der Waals surface area contributed by atoms with Gasteiger partial charge < -0.3 is 19.9 Å². The topological polar surface area (TPSA) is 79.0 Å². The molecule has 2 fully saturated rings. The predicted octanol–water partition coefficient (Wildman–Crippen LogP) is 3.22. The highest BCUT2D eigenvalue weighted by molar-refractivity contribution is 5.85. The molecule has 0 radical (unpaired) electrons. The third-order valence-corrected chi connectivity index (χ3v) is 6.34. The minimum absolute atomic E-state index is 0.306. The van der Waals surface area contributed by atoms with Crippen LogP contribution < -0.4 is 15.5 Å². The fourth-order valence-electron chi connectivity index (χ4n) is 4.50. The molecule has 4 aromatic rings. The van der Waals surface area contributed by atoms with Crippen LogP contribution in [0, 0.1) is 19.7 Å². The number of carbonyl (C=O) groups excluding carboxylic acids is 1. The van der Waals surface area contributed by atoms with Gasteiger partial charge in [-0.05, 0) is 38.8 Å². The molecule has 1 saturated heterocycles. The molecule has 8 nitrogen and oxygen atoms in total. The van der Waals surface area contributed by atoms with Crippen LogP contribution in [0.2, 0.25) is 0 Å². The Balaban J connectivity index is 0.000000152. The van der Waals surface area contributed by atoms with E-state index < -0.39 is 0 Å². The summed E-state index contributed by atoms with van der Waals surface area (Å²) in [6.45, 7) is 6.86. The van der Waals surface area contributed by atoms with Gasteiger partial charge in [-0.3, -0.25) is 9.20 Å². The van der Waals surface area contributed by atoms with E-state index in [4.69, 9.17) is 0 Å². The van der Waals surface area contributed by atoms with Crippen molar-refractivity contribution >= 4 is 29.1 Å². The highest BCUT2D eigenvalue weighted by Crippen LogP contribution is 2.38. The molecular formula is C24H28FN7O. The second kappa shape index (κ2) is 8.15. The molecule has 2 aliphatic rings. The molecule has 33 heavy (non-hydrogen) atoms. The molecule has 1 aliphatic carbocycles. The Kier molecular flexibility index (Phi) is 5.28. The summed E-state index contributed by atoms with van der Waals surface area (Å²) in [5, 5.41) is 6.50. The number of aryl methyl sites for hydroxylation is 2. The number of aldehydes is 1. The van der Waals surface area contributed by atoms with Gasteiger partial charge in [-0.25, -0.2) is 14.4 Å². The van der Waals surface area contributed by atoms with Crippen molar-refractivity contribution in [2.45, 2.75) is 32.2 Å². The Bertz CT molecular complexity index is 1340. The molecular weight excluding hydrogens is 421 g/mol. The van der Waals surface area contributed by atoms with Crippen molar-refractivity contribution in [3.05, 3.63) is 59.6 Å². The van der Waals surface area contributed by atoms with E-state index in [1.54, 1.807) is 23.8 Å². The molecule has 2 N–H and O–H groups in total. The lowest BCUT2D eigenvalue weighted by molar-refractivity contribution is 0.112. The maximum Gasteiger partial charge on any atom is 0.173 e. The molecule has 6 rings (SSSR count). The lowest BCUT2D eigenvalue weighted by Crippen LogP contribution is -2.53. The summed E-state index contributed by atoms with van der Waals surface area (Å²) in [5.74, 6) is 0.832. The van der Waals surface area contributed by atoms with Crippen molar-refractivity contribution in [1.29, 1.82) is 0 Å². The summed E-state index contributed by atoms with van der Waals surface area (Å²) in [7, 11) is 1.75. The van der Waals surface area contributed by atoms with Crippen molar-refractivity contribution in [2.24, 2.45) is 0 Å². The van der Waals surface area contributed by atoms with Crippen molar-refractivity contribution in [2.75, 3.05) is 36.9 Å². The van der Waals surface area contributed by atoms with Crippen LogP contribution in [0.15, 0.2) is 36.8 Å². The SMILES string of the molecule is CNc1cc(F)c2nc(C)cn2c1.Cc1cn2c(N3CCNC4(CC4)C3)ccc(C=O)c2n1. The van der Waals surface area contributed by atoms with E-state index in [2.05, 4.69) is 29.9 Å². The number of piperazine rings is 1. The Labute approximate surface area is 191 Å². The number of nitrogens with zero attached hydrogens (tertiary/aromatic N) is 5. The van der Waals surface area contributed by atoms with Gasteiger partial charge in [0.05, 0.1) is 22.6 Å². The van der Waals surface area contributed by atoms with Crippen LogP contribution in [-0.2, 0) is 0 Å². The lowest BCUT2D eigenvalue weighted by atomic mass is 10.2. The number of fused-ring (bicyclic) bond motifs is 2. The summed E-state index contributed by atoms with van der Waals surface area (Å²) in [5.41, 5.74) is 4.61. The van der Waals surface area contributed by atoms with Gasteiger partial charge in [0.1, 0.15) is 11.5 Å². The highest BCUT2D eigenvalue weighted by Gasteiger charge is 2.45. The smallest absolute Gasteiger partial charge is 0.173 e. The molecule has 1 spiro atoms. The van der Waals surface area contributed by atoms with E-state index in [1.807, 2.05) is 32.2 Å². The fourth-order valence-corrected chi connectivity index (χ4v) is 4.50. The third-order valence-electron chi connectivity index (χ3n) is 6.34. The number of halogens is 1. The number of nitrogens with one attached hydrogen (secondary N) is 2. The van der Waals surface area contributed by atoms with Crippen molar-refractivity contribution in [1.82, 2.24) is 24.1 Å². The second-order valence-corrected chi connectivity index (χ2v) is 8.91. The summed E-state index contributed by atoms with van der Waals surface area (Å²) in [6.07, 6.45) is 9.02. The first-order chi connectivity index (χ1) is 15.9. The Hall–Kier alpha value is -3.46. The zero-order chi connectivity index (χ0) is 23.2. The molecule has 0 atom stereocenters. The normalized spacial score (nSPS) is 16.7. The zero-order valence-electron chi connectivity index (χ0n) is 19.1. The van der Waals surface area contributed by atoms with Gasteiger partial charge in [0.15, 0.2) is 17.8 Å². The van der Waals surface area contributed by atoms with Gasteiger partial charge in [-0.1, -0.05) is 0 Å². The minimum Gasteiger partial charge on any atom is -0.387 e. The van der Waals surface area contributed by atoms with Gasteiger partial charge in [0.25, 0.3) is 0 Å². The quantitative estimate of drug-likeness (QED) is 0.468. The molecule has 5 heterocycles. The number of pyridine rings is 2. The van der Waals surface area contributed by atoms with Gasteiger partial charge in [-0.15, -0.1) is 0 Å². The van der Waals surface area contributed by atoms with Crippen LogP contribution in [0.1, 0.15) is 34.6 Å². The maximum atomic E-state index is 13.3. The van der Waals surface area contributed by atoms with Crippen molar-refractivity contribution < 1.29 is 9.18 Å². The molecule has 1 saturated carbocycles. The first-order valence-electron chi connectivity index (χ1n) is 11.2. The predicted molar refractivity (Wildman–Crippen MR) is 127 cm³/mol. The Morgan fingerprint density at radius 2 is 1.88 bits per heavy atom. The summed E-state index contributed by atoms with van der Waals surface area (Å²) >= 11 is 0.